The fourth-order valence-electron chi connectivity index (χ4n) is 2.19. The maximum Gasteiger partial charge on any atom is 0.224 e. The third-order valence-corrected chi connectivity index (χ3v) is 3.28. The number of benzene rings is 1. The lowest BCUT2D eigenvalue weighted by Crippen LogP contribution is -2.26. The molecule has 0 aliphatic heterocycles. The smallest absolute Gasteiger partial charge is 0.224 e. The molecule has 1 aromatic heterocycles. The van der Waals surface area contributed by atoms with Gasteiger partial charge in [0, 0.05) is 17.5 Å². The van der Waals surface area contributed by atoms with E-state index < -0.39 is 0 Å². The van der Waals surface area contributed by atoms with Crippen molar-refractivity contribution >= 4 is 16.9 Å². The standard InChI is InChI=1S/C16H21NO3/c1-11-5-6-14-13(10-20-15(14)8-11)9-16(19)17-7-3-4-12(2)18/h5-6,8,10,12,18H,3-4,7,9H2,1-2H3,(H,17,19). The van der Waals surface area contributed by atoms with Gasteiger partial charge in [0.1, 0.15) is 5.58 Å². The van der Waals surface area contributed by atoms with Gasteiger partial charge in [-0.2, -0.15) is 0 Å². The summed E-state index contributed by atoms with van der Waals surface area (Å²) in [6.45, 7) is 4.36. The van der Waals surface area contributed by atoms with E-state index in [0.717, 1.165) is 28.5 Å². The van der Waals surface area contributed by atoms with Crippen LogP contribution in [-0.4, -0.2) is 23.7 Å². The van der Waals surface area contributed by atoms with E-state index in [2.05, 4.69) is 5.32 Å². The normalized spacial score (nSPS) is 12.6. The number of carbonyl (C=O) groups is 1. The monoisotopic (exact) mass is 275 g/mol. The van der Waals surface area contributed by atoms with Gasteiger partial charge < -0.3 is 14.8 Å². The number of fused-ring (bicyclic) bond motifs is 1. The summed E-state index contributed by atoms with van der Waals surface area (Å²) in [7, 11) is 0. The maximum absolute atomic E-state index is 11.9. The molecule has 0 aliphatic rings. The van der Waals surface area contributed by atoms with Crippen molar-refractivity contribution in [1.29, 1.82) is 0 Å². The second kappa shape index (κ2) is 6.57. The van der Waals surface area contributed by atoms with Crippen molar-refractivity contribution in [1.82, 2.24) is 5.32 Å². The topological polar surface area (TPSA) is 62.5 Å². The molecule has 0 spiro atoms. The van der Waals surface area contributed by atoms with Crippen LogP contribution in [0.15, 0.2) is 28.9 Å². The number of hydrogen-bond donors (Lipinski definition) is 2. The summed E-state index contributed by atoms with van der Waals surface area (Å²) in [5, 5.41) is 13.0. The molecule has 2 N–H and O–H groups in total. The lowest BCUT2D eigenvalue weighted by molar-refractivity contribution is -0.120. The van der Waals surface area contributed by atoms with Gasteiger partial charge in [-0.1, -0.05) is 12.1 Å². The van der Waals surface area contributed by atoms with Crippen LogP contribution < -0.4 is 5.32 Å². The van der Waals surface area contributed by atoms with E-state index in [-0.39, 0.29) is 12.0 Å². The van der Waals surface area contributed by atoms with E-state index in [1.165, 1.54) is 0 Å². The van der Waals surface area contributed by atoms with Crippen molar-refractivity contribution in [3.05, 3.63) is 35.6 Å². The van der Waals surface area contributed by atoms with Gasteiger partial charge >= 0.3 is 0 Å². The van der Waals surface area contributed by atoms with Gasteiger partial charge in [-0.3, -0.25) is 4.79 Å². The molecule has 1 aromatic carbocycles. The van der Waals surface area contributed by atoms with Crippen LogP contribution >= 0.6 is 0 Å². The van der Waals surface area contributed by atoms with E-state index in [1.807, 2.05) is 25.1 Å². The van der Waals surface area contributed by atoms with Gasteiger partial charge in [0.15, 0.2) is 0 Å². The highest BCUT2D eigenvalue weighted by Crippen LogP contribution is 2.22. The highest BCUT2D eigenvalue weighted by atomic mass is 16.3. The largest absolute Gasteiger partial charge is 0.464 e. The highest BCUT2D eigenvalue weighted by molar-refractivity contribution is 5.87. The molecule has 1 unspecified atom stereocenters. The summed E-state index contributed by atoms with van der Waals surface area (Å²) in [4.78, 5) is 11.9. The minimum Gasteiger partial charge on any atom is -0.464 e. The third-order valence-electron chi connectivity index (χ3n) is 3.28. The number of amides is 1. The molecule has 2 aromatic rings. The molecule has 0 aliphatic carbocycles. The Balaban J connectivity index is 1.90. The minimum absolute atomic E-state index is 0.0149. The minimum atomic E-state index is -0.312. The van der Waals surface area contributed by atoms with Gasteiger partial charge in [-0.15, -0.1) is 0 Å². The Morgan fingerprint density at radius 2 is 2.25 bits per heavy atom. The van der Waals surface area contributed by atoms with Crippen LogP contribution in [0.2, 0.25) is 0 Å². The predicted octanol–water partition coefficient (Wildman–Crippen LogP) is 2.56. The summed E-state index contributed by atoms with van der Waals surface area (Å²) in [5.41, 5.74) is 2.87. The first-order valence-corrected chi connectivity index (χ1v) is 6.98. The number of furan rings is 1. The number of carbonyl (C=O) groups excluding carboxylic acids is 1. The zero-order valence-corrected chi connectivity index (χ0v) is 12.0. The third kappa shape index (κ3) is 3.84. The SMILES string of the molecule is Cc1ccc2c(CC(=O)NCCCC(C)O)coc2c1. The molecule has 20 heavy (non-hydrogen) atoms. The average molecular weight is 275 g/mol. The van der Waals surface area contributed by atoms with Gasteiger partial charge in [0.2, 0.25) is 5.91 Å². The first-order valence-electron chi connectivity index (χ1n) is 6.98. The number of aliphatic hydroxyl groups excluding tert-OH is 1. The Bertz CT molecular complexity index is 586. The van der Waals surface area contributed by atoms with Gasteiger partial charge in [0.25, 0.3) is 0 Å². The van der Waals surface area contributed by atoms with Crippen molar-refractivity contribution < 1.29 is 14.3 Å². The molecule has 4 heteroatoms. The van der Waals surface area contributed by atoms with Crippen LogP contribution in [0, 0.1) is 6.92 Å². The van der Waals surface area contributed by atoms with Gasteiger partial charge in [-0.05, 0) is 38.3 Å². The van der Waals surface area contributed by atoms with Crippen molar-refractivity contribution in [3.8, 4) is 0 Å². The van der Waals surface area contributed by atoms with Gasteiger partial charge in [-0.25, -0.2) is 0 Å². The van der Waals surface area contributed by atoms with E-state index in [9.17, 15) is 4.79 Å². The number of aryl methyl sites for hydroxylation is 1. The molecule has 0 saturated carbocycles. The zero-order chi connectivity index (χ0) is 14.5. The maximum atomic E-state index is 11.9. The van der Waals surface area contributed by atoms with E-state index in [1.54, 1.807) is 13.2 Å². The Morgan fingerprint density at radius 3 is 3.00 bits per heavy atom. The molecule has 2 rings (SSSR count). The lowest BCUT2D eigenvalue weighted by Gasteiger charge is -2.06. The summed E-state index contributed by atoms with van der Waals surface area (Å²) in [6.07, 6.45) is 3.15. The molecule has 0 radical (unpaired) electrons. The van der Waals surface area contributed by atoms with Crippen molar-refractivity contribution in [2.75, 3.05) is 6.54 Å². The fourth-order valence-corrected chi connectivity index (χ4v) is 2.19. The van der Waals surface area contributed by atoms with Crippen LogP contribution in [0.5, 0.6) is 0 Å². The molecule has 108 valence electrons. The van der Waals surface area contributed by atoms with Crippen molar-refractivity contribution in [2.24, 2.45) is 0 Å². The predicted molar refractivity (Wildman–Crippen MR) is 78.6 cm³/mol. The molecule has 0 bridgehead atoms. The van der Waals surface area contributed by atoms with E-state index in [0.29, 0.717) is 19.4 Å². The summed E-state index contributed by atoms with van der Waals surface area (Å²) in [5.74, 6) is -0.0149. The molecule has 1 atom stereocenters. The second-order valence-electron chi connectivity index (χ2n) is 5.28. The van der Waals surface area contributed by atoms with Crippen LogP contribution in [0.3, 0.4) is 0 Å². The van der Waals surface area contributed by atoms with Crippen LogP contribution in [0.25, 0.3) is 11.0 Å². The Hall–Kier alpha value is -1.81. The quantitative estimate of drug-likeness (QED) is 0.796. The summed E-state index contributed by atoms with van der Waals surface area (Å²) >= 11 is 0. The summed E-state index contributed by atoms with van der Waals surface area (Å²) < 4.78 is 5.47. The van der Waals surface area contributed by atoms with Gasteiger partial charge in [0.05, 0.1) is 18.8 Å². The molecule has 1 amide bonds. The highest BCUT2D eigenvalue weighted by Gasteiger charge is 2.10. The molecule has 0 fully saturated rings. The summed E-state index contributed by atoms with van der Waals surface area (Å²) in [6, 6.07) is 5.98. The number of rotatable bonds is 6. The van der Waals surface area contributed by atoms with Crippen LogP contribution in [-0.2, 0) is 11.2 Å². The Morgan fingerprint density at radius 1 is 1.45 bits per heavy atom. The number of hydrogen-bond acceptors (Lipinski definition) is 3. The number of nitrogens with one attached hydrogen (secondary N) is 1. The Labute approximate surface area is 118 Å². The second-order valence-corrected chi connectivity index (χ2v) is 5.28. The fraction of sp³-hybridized carbons (Fsp3) is 0.438. The van der Waals surface area contributed by atoms with E-state index in [4.69, 9.17) is 9.52 Å². The van der Waals surface area contributed by atoms with Crippen molar-refractivity contribution in [2.45, 2.75) is 39.2 Å². The number of aliphatic hydroxyl groups is 1. The van der Waals surface area contributed by atoms with Crippen LogP contribution in [0.1, 0.15) is 30.9 Å². The molecule has 4 nitrogen and oxygen atoms in total. The zero-order valence-electron chi connectivity index (χ0n) is 12.0. The average Bonchev–Trinajstić information content (AvgIpc) is 2.77. The first-order chi connectivity index (χ1) is 9.56. The molecular formula is C16H21NO3. The first kappa shape index (κ1) is 14.6. The van der Waals surface area contributed by atoms with Crippen molar-refractivity contribution in [3.63, 3.8) is 0 Å². The van der Waals surface area contributed by atoms with E-state index >= 15 is 0 Å². The lowest BCUT2D eigenvalue weighted by atomic mass is 10.1. The van der Waals surface area contributed by atoms with Crippen LogP contribution in [0.4, 0.5) is 0 Å². The molecular weight excluding hydrogens is 254 g/mol. The molecule has 0 saturated heterocycles. The Kier molecular flexibility index (Phi) is 4.79. The molecule has 1 heterocycles.